The van der Waals surface area contributed by atoms with Gasteiger partial charge in [0.05, 0.1) is 5.41 Å². The minimum absolute atomic E-state index is 0.0267. The number of nitrogens with one attached hydrogen (secondary N) is 1. The first-order valence-corrected chi connectivity index (χ1v) is 7.93. The van der Waals surface area contributed by atoms with Gasteiger partial charge in [-0.3, -0.25) is 9.59 Å². The van der Waals surface area contributed by atoms with Crippen molar-refractivity contribution in [2.24, 2.45) is 11.1 Å². The summed E-state index contributed by atoms with van der Waals surface area (Å²) >= 11 is 0. The SMILES string of the molecule is CCC(CC)(CN)C(=O)NCCC(=O)N1CCN(C)CC1. The lowest BCUT2D eigenvalue weighted by molar-refractivity contribution is -0.133. The van der Waals surface area contributed by atoms with Crippen LogP contribution in [-0.4, -0.2) is 67.9 Å². The number of nitrogens with two attached hydrogens (primary N) is 1. The van der Waals surface area contributed by atoms with Gasteiger partial charge in [0.15, 0.2) is 0 Å². The fourth-order valence-corrected chi connectivity index (χ4v) is 2.64. The van der Waals surface area contributed by atoms with Crippen LogP contribution in [0.4, 0.5) is 0 Å². The molecule has 0 spiro atoms. The second-order valence-electron chi connectivity index (χ2n) is 5.88. The van der Waals surface area contributed by atoms with Crippen molar-refractivity contribution in [3.63, 3.8) is 0 Å². The van der Waals surface area contributed by atoms with E-state index < -0.39 is 5.41 Å². The molecule has 3 N–H and O–H groups in total. The molecule has 0 saturated carbocycles. The van der Waals surface area contributed by atoms with Crippen LogP contribution in [0.3, 0.4) is 0 Å². The summed E-state index contributed by atoms with van der Waals surface area (Å²) in [6.07, 6.45) is 1.81. The van der Waals surface area contributed by atoms with E-state index in [0.717, 1.165) is 39.0 Å². The smallest absolute Gasteiger partial charge is 0.227 e. The zero-order valence-corrected chi connectivity index (χ0v) is 13.7. The standard InChI is InChI=1S/C15H30N4O2/c1-4-15(5-2,12-16)14(21)17-7-6-13(20)19-10-8-18(3)9-11-19/h4-12,16H2,1-3H3,(H,17,21). The van der Waals surface area contributed by atoms with Gasteiger partial charge in [-0.15, -0.1) is 0 Å². The molecule has 6 heteroatoms. The average molecular weight is 298 g/mol. The second-order valence-corrected chi connectivity index (χ2v) is 5.88. The number of hydrogen-bond acceptors (Lipinski definition) is 4. The summed E-state index contributed by atoms with van der Waals surface area (Å²) in [6, 6.07) is 0. The normalized spacial score (nSPS) is 16.9. The van der Waals surface area contributed by atoms with E-state index in [-0.39, 0.29) is 11.8 Å². The quantitative estimate of drug-likeness (QED) is 0.695. The van der Waals surface area contributed by atoms with E-state index in [0.29, 0.717) is 19.5 Å². The van der Waals surface area contributed by atoms with Gasteiger partial charge in [-0.2, -0.15) is 0 Å². The summed E-state index contributed by atoms with van der Waals surface area (Å²) in [5, 5.41) is 2.88. The topological polar surface area (TPSA) is 78.7 Å². The third-order valence-corrected chi connectivity index (χ3v) is 4.71. The maximum atomic E-state index is 12.2. The van der Waals surface area contributed by atoms with E-state index in [4.69, 9.17) is 5.73 Å². The molecule has 0 aromatic carbocycles. The molecule has 0 unspecified atom stereocenters. The molecule has 1 aliphatic heterocycles. The van der Waals surface area contributed by atoms with Crippen LogP contribution < -0.4 is 11.1 Å². The summed E-state index contributed by atoms with van der Waals surface area (Å²) in [7, 11) is 2.06. The Balaban J connectivity index is 2.35. The molecule has 0 radical (unpaired) electrons. The second kappa shape index (κ2) is 8.34. The molecule has 1 saturated heterocycles. The first-order chi connectivity index (χ1) is 9.99. The number of hydrogen-bond donors (Lipinski definition) is 2. The van der Waals surface area contributed by atoms with Crippen molar-refractivity contribution < 1.29 is 9.59 Å². The molecule has 1 rings (SSSR count). The third-order valence-electron chi connectivity index (χ3n) is 4.71. The van der Waals surface area contributed by atoms with Crippen molar-refractivity contribution in [3.05, 3.63) is 0 Å². The molecule has 0 aliphatic carbocycles. The molecule has 0 atom stereocenters. The summed E-state index contributed by atoms with van der Waals surface area (Å²) in [5.41, 5.74) is 5.26. The fourth-order valence-electron chi connectivity index (χ4n) is 2.64. The van der Waals surface area contributed by atoms with Gasteiger partial charge in [0.2, 0.25) is 11.8 Å². The highest BCUT2D eigenvalue weighted by Gasteiger charge is 2.33. The first kappa shape index (κ1) is 17.9. The lowest BCUT2D eigenvalue weighted by atomic mass is 9.81. The van der Waals surface area contributed by atoms with Crippen molar-refractivity contribution in [1.82, 2.24) is 15.1 Å². The Kier molecular flexibility index (Phi) is 7.11. The van der Waals surface area contributed by atoms with Gasteiger partial charge in [-0.25, -0.2) is 0 Å². The van der Waals surface area contributed by atoms with Crippen LogP contribution in [0.2, 0.25) is 0 Å². The molecule has 0 aromatic heterocycles. The molecule has 1 fully saturated rings. The van der Waals surface area contributed by atoms with Crippen LogP contribution in [0.25, 0.3) is 0 Å². The van der Waals surface area contributed by atoms with Crippen molar-refractivity contribution in [3.8, 4) is 0 Å². The number of nitrogens with zero attached hydrogens (tertiary/aromatic N) is 2. The van der Waals surface area contributed by atoms with Crippen molar-refractivity contribution in [2.75, 3.05) is 46.3 Å². The summed E-state index contributed by atoms with van der Waals surface area (Å²) in [5.74, 6) is 0.0934. The maximum absolute atomic E-state index is 12.2. The van der Waals surface area contributed by atoms with Gasteiger partial charge in [0.25, 0.3) is 0 Å². The van der Waals surface area contributed by atoms with Crippen LogP contribution in [0.15, 0.2) is 0 Å². The lowest BCUT2D eigenvalue weighted by Crippen LogP contribution is -2.49. The van der Waals surface area contributed by atoms with Crippen molar-refractivity contribution >= 4 is 11.8 Å². The summed E-state index contributed by atoms with van der Waals surface area (Å²) < 4.78 is 0. The largest absolute Gasteiger partial charge is 0.355 e. The van der Waals surface area contributed by atoms with E-state index >= 15 is 0 Å². The minimum atomic E-state index is -0.489. The first-order valence-electron chi connectivity index (χ1n) is 7.93. The molecule has 122 valence electrons. The predicted molar refractivity (Wildman–Crippen MR) is 83.8 cm³/mol. The molecular weight excluding hydrogens is 268 g/mol. The molecule has 21 heavy (non-hydrogen) atoms. The highest BCUT2D eigenvalue weighted by Crippen LogP contribution is 2.24. The highest BCUT2D eigenvalue weighted by atomic mass is 16.2. The third kappa shape index (κ3) is 4.68. The maximum Gasteiger partial charge on any atom is 0.227 e. The van der Waals surface area contributed by atoms with Gasteiger partial charge < -0.3 is 20.9 Å². The fraction of sp³-hybridized carbons (Fsp3) is 0.867. The van der Waals surface area contributed by atoms with Gasteiger partial charge in [-0.1, -0.05) is 13.8 Å². The number of amides is 2. The predicted octanol–water partition coefficient (Wildman–Crippen LogP) is 0.0318. The van der Waals surface area contributed by atoms with Crippen LogP contribution in [-0.2, 0) is 9.59 Å². The van der Waals surface area contributed by atoms with Crippen LogP contribution in [0.5, 0.6) is 0 Å². The number of piperazine rings is 1. The van der Waals surface area contributed by atoms with E-state index in [9.17, 15) is 9.59 Å². The molecule has 6 nitrogen and oxygen atoms in total. The van der Waals surface area contributed by atoms with Gasteiger partial charge in [0, 0.05) is 45.7 Å². The monoisotopic (exact) mass is 298 g/mol. The Labute approximate surface area is 128 Å². The minimum Gasteiger partial charge on any atom is -0.355 e. The van der Waals surface area contributed by atoms with E-state index in [2.05, 4.69) is 17.3 Å². The van der Waals surface area contributed by atoms with Crippen LogP contribution in [0.1, 0.15) is 33.1 Å². The highest BCUT2D eigenvalue weighted by molar-refractivity contribution is 5.83. The van der Waals surface area contributed by atoms with E-state index in [1.54, 1.807) is 0 Å². The molecule has 0 bridgehead atoms. The zero-order valence-electron chi connectivity index (χ0n) is 13.7. The Bertz CT molecular complexity index is 339. The number of carbonyl (C=O) groups is 2. The average Bonchev–Trinajstić information content (AvgIpc) is 2.50. The summed E-state index contributed by atoms with van der Waals surface area (Å²) in [6.45, 7) is 8.08. The number of carbonyl (C=O) groups excluding carboxylic acids is 2. The number of rotatable bonds is 7. The Hall–Kier alpha value is -1.14. The molecule has 2 amide bonds. The van der Waals surface area contributed by atoms with Crippen molar-refractivity contribution in [2.45, 2.75) is 33.1 Å². The Morgan fingerprint density at radius 1 is 1.14 bits per heavy atom. The van der Waals surface area contributed by atoms with E-state index in [1.807, 2.05) is 18.7 Å². The molecule has 0 aromatic rings. The summed E-state index contributed by atoms with van der Waals surface area (Å²) in [4.78, 5) is 28.4. The zero-order chi connectivity index (χ0) is 15.9. The van der Waals surface area contributed by atoms with Crippen LogP contribution in [0, 0.1) is 5.41 Å². The van der Waals surface area contributed by atoms with Gasteiger partial charge >= 0.3 is 0 Å². The Morgan fingerprint density at radius 2 is 1.71 bits per heavy atom. The van der Waals surface area contributed by atoms with Gasteiger partial charge in [-0.05, 0) is 19.9 Å². The van der Waals surface area contributed by atoms with Crippen LogP contribution >= 0.6 is 0 Å². The van der Waals surface area contributed by atoms with E-state index in [1.165, 1.54) is 0 Å². The number of likely N-dealkylation sites (N-methyl/N-ethyl adjacent to an activating group) is 1. The van der Waals surface area contributed by atoms with Gasteiger partial charge in [0.1, 0.15) is 0 Å². The molecule has 1 aliphatic rings. The Morgan fingerprint density at radius 3 is 2.19 bits per heavy atom. The lowest BCUT2D eigenvalue weighted by Gasteiger charge is -2.32. The molecular formula is C15H30N4O2. The molecule has 1 heterocycles. The van der Waals surface area contributed by atoms with Crippen molar-refractivity contribution in [1.29, 1.82) is 0 Å².